The van der Waals surface area contributed by atoms with Crippen LogP contribution in [0.5, 0.6) is 5.75 Å². The molecule has 0 unspecified atom stereocenters. The van der Waals surface area contributed by atoms with Gasteiger partial charge in [-0.1, -0.05) is 12.1 Å². The van der Waals surface area contributed by atoms with Crippen LogP contribution < -0.4 is 10.1 Å². The van der Waals surface area contributed by atoms with E-state index in [0.29, 0.717) is 17.9 Å². The van der Waals surface area contributed by atoms with Crippen LogP contribution in [-0.4, -0.2) is 31.8 Å². The van der Waals surface area contributed by atoms with E-state index in [1.54, 1.807) is 24.3 Å². The van der Waals surface area contributed by atoms with E-state index in [0.717, 1.165) is 19.4 Å². The molecule has 1 atom stereocenters. The number of para-hydroxylation sites is 1. The fourth-order valence-corrected chi connectivity index (χ4v) is 1.91. The van der Waals surface area contributed by atoms with Crippen LogP contribution >= 0.6 is 0 Å². The number of hydrogen-bond donors (Lipinski definition) is 1. The number of benzene rings is 1. The van der Waals surface area contributed by atoms with Crippen LogP contribution in [0, 0.1) is 11.3 Å². The van der Waals surface area contributed by atoms with Gasteiger partial charge in [0.15, 0.2) is 6.61 Å². The molecule has 1 aromatic carbocycles. The predicted molar refractivity (Wildman–Crippen MR) is 68.6 cm³/mol. The summed E-state index contributed by atoms with van der Waals surface area (Å²) in [7, 11) is 0. The third-order valence-electron chi connectivity index (χ3n) is 2.92. The first-order chi connectivity index (χ1) is 9.29. The second kappa shape index (κ2) is 6.76. The van der Waals surface area contributed by atoms with Gasteiger partial charge >= 0.3 is 0 Å². The van der Waals surface area contributed by atoms with Crippen molar-refractivity contribution < 1.29 is 14.3 Å². The molecule has 0 aliphatic carbocycles. The van der Waals surface area contributed by atoms with E-state index >= 15 is 0 Å². The molecule has 5 heteroatoms. The van der Waals surface area contributed by atoms with Gasteiger partial charge in [-0.05, 0) is 25.0 Å². The lowest BCUT2D eigenvalue weighted by Gasteiger charge is -2.11. The topological polar surface area (TPSA) is 71.3 Å². The highest BCUT2D eigenvalue weighted by atomic mass is 16.5. The number of ether oxygens (including phenoxy) is 2. The van der Waals surface area contributed by atoms with Crippen LogP contribution in [0.25, 0.3) is 0 Å². The molecule has 5 nitrogen and oxygen atoms in total. The van der Waals surface area contributed by atoms with Crippen molar-refractivity contribution in [2.75, 3.05) is 19.8 Å². The Balaban J connectivity index is 1.75. The fraction of sp³-hybridized carbons (Fsp3) is 0.429. The Kier molecular flexibility index (Phi) is 4.76. The molecule has 0 spiro atoms. The molecule has 0 aromatic heterocycles. The minimum Gasteiger partial charge on any atom is -0.482 e. The van der Waals surface area contributed by atoms with Gasteiger partial charge in [-0.2, -0.15) is 5.26 Å². The Morgan fingerprint density at radius 3 is 3.11 bits per heavy atom. The summed E-state index contributed by atoms with van der Waals surface area (Å²) in [6.07, 6.45) is 2.15. The van der Waals surface area contributed by atoms with Crippen molar-refractivity contribution in [1.82, 2.24) is 5.32 Å². The number of nitrogens with one attached hydrogen (secondary N) is 1. The van der Waals surface area contributed by atoms with E-state index in [4.69, 9.17) is 14.7 Å². The van der Waals surface area contributed by atoms with Gasteiger partial charge in [0, 0.05) is 13.2 Å². The normalized spacial score (nSPS) is 17.7. The van der Waals surface area contributed by atoms with Crippen molar-refractivity contribution in [3.05, 3.63) is 29.8 Å². The molecule has 0 bridgehead atoms. The van der Waals surface area contributed by atoms with Gasteiger partial charge in [0.05, 0.1) is 11.7 Å². The SMILES string of the molecule is N#Cc1ccccc1OCC(=O)NC[C@H]1CCCO1. The number of amides is 1. The third kappa shape index (κ3) is 3.97. The zero-order valence-corrected chi connectivity index (χ0v) is 10.6. The second-order valence-corrected chi connectivity index (χ2v) is 4.34. The van der Waals surface area contributed by atoms with Gasteiger partial charge in [-0.15, -0.1) is 0 Å². The van der Waals surface area contributed by atoms with Gasteiger partial charge < -0.3 is 14.8 Å². The van der Waals surface area contributed by atoms with Crippen LogP contribution in [0.3, 0.4) is 0 Å². The Labute approximate surface area is 112 Å². The number of carbonyl (C=O) groups is 1. The van der Waals surface area contributed by atoms with E-state index < -0.39 is 0 Å². The first-order valence-corrected chi connectivity index (χ1v) is 6.30. The molecule has 100 valence electrons. The summed E-state index contributed by atoms with van der Waals surface area (Å²) >= 11 is 0. The Morgan fingerprint density at radius 1 is 1.53 bits per heavy atom. The molecule has 1 fully saturated rings. The van der Waals surface area contributed by atoms with Crippen molar-refractivity contribution in [2.24, 2.45) is 0 Å². The summed E-state index contributed by atoms with van der Waals surface area (Å²) in [6, 6.07) is 8.86. The predicted octanol–water partition coefficient (Wildman–Crippen LogP) is 1.23. The lowest BCUT2D eigenvalue weighted by Crippen LogP contribution is -2.35. The lowest BCUT2D eigenvalue weighted by molar-refractivity contribution is -0.123. The highest BCUT2D eigenvalue weighted by Crippen LogP contribution is 2.16. The van der Waals surface area contributed by atoms with Crippen molar-refractivity contribution >= 4 is 5.91 Å². The third-order valence-corrected chi connectivity index (χ3v) is 2.92. The summed E-state index contributed by atoms with van der Waals surface area (Å²) in [5.74, 6) is 0.223. The van der Waals surface area contributed by atoms with Crippen molar-refractivity contribution in [3.8, 4) is 11.8 Å². The Morgan fingerprint density at radius 2 is 2.37 bits per heavy atom. The van der Waals surface area contributed by atoms with Gasteiger partial charge in [0.2, 0.25) is 0 Å². The first kappa shape index (κ1) is 13.4. The Hall–Kier alpha value is -2.06. The monoisotopic (exact) mass is 260 g/mol. The molecule has 1 heterocycles. The molecule has 0 saturated carbocycles. The summed E-state index contributed by atoms with van der Waals surface area (Å²) in [5, 5.41) is 11.6. The smallest absolute Gasteiger partial charge is 0.258 e. The molecule has 1 aromatic rings. The molecular weight excluding hydrogens is 244 g/mol. The maximum absolute atomic E-state index is 11.6. The summed E-state index contributed by atoms with van der Waals surface area (Å²) in [4.78, 5) is 11.6. The van der Waals surface area contributed by atoms with E-state index in [1.807, 2.05) is 6.07 Å². The maximum Gasteiger partial charge on any atom is 0.258 e. The first-order valence-electron chi connectivity index (χ1n) is 6.30. The zero-order chi connectivity index (χ0) is 13.5. The zero-order valence-electron chi connectivity index (χ0n) is 10.6. The number of rotatable bonds is 5. The number of nitrogens with zero attached hydrogens (tertiary/aromatic N) is 1. The molecule has 1 amide bonds. The highest BCUT2D eigenvalue weighted by molar-refractivity contribution is 5.77. The lowest BCUT2D eigenvalue weighted by atomic mass is 10.2. The molecule has 1 saturated heterocycles. The minimum absolute atomic E-state index is 0.0919. The summed E-state index contributed by atoms with van der Waals surface area (Å²) in [6.45, 7) is 1.19. The number of carbonyl (C=O) groups excluding carboxylic acids is 1. The maximum atomic E-state index is 11.6. The minimum atomic E-state index is -0.205. The van der Waals surface area contributed by atoms with E-state index in [9.17, 15) is 4.79 Å². The average molecular weight is 260 g/mol. The van der Waals surface area contributed by atoms with E-state index in [-0.39, 0.29) is 18.6 Å². The highest BCUT2D eigenvalue weighted by Gasteiger charge is 2.16. The van der Waals surface area contributed by atoms with Gasteiger partial charge in [-0.25, -0.2) is 0 Å². The molecular formula is C14H16N2O3. The van der Waals surface area contributed by atoms with Crippen LogP contribution in [-0.2, 0) is 9.53 Å². The summed E-state index contributed by atoms with van der Waals surface area (Å²) < 4.78 is 10.7. The van der Waals surface area contributed by atoms with Gasteiger partial charge in [0.25, 0.3) is 5.91 Å². The van der Waals surface area contributed by atoms with Crippen molar-refractivity contribution in [1.29, 1.82) is 5.26 Å². The molecule has 19 heavy (non-hydrogen) atoms. The van der Waals surface area contributed by atoms with Crippen LogP contribution in [0.1, 0.15) is 18.4 Å². The second-order valence-electron chi connectivity index (χ2n) is 4.34. The van der Waals surface area contributed by atoms with Crippen molar-refractivity contribution in [3.63, 3.8) is 0 Å². The van der Waals surface area contributed by atoms with Crippen LogP contribution in [0.4, 0.5) is 0 Å². The fourth-order valence-electron chi connectivity index (χ4n) is 1.91. The molecule has 1 aliphatic heterocycles. The van der Waals surface area contributed by atoms with E-state index in [1.165, 1.54) is 0 Å². The molecule has 1 N–H and O–H groups in total. The van der Waals surface area contributed by atoms with Gasteiger partial charge in [-0.3, -0.25) is 4.79 Å². The quantitative estimate of drug-likeness (QED) is 0.864. The van der Waals surface area contributed by atoms with Crippen LogP contribution in [0.15, 0.2) is 24.3 Å². The number of nitriles is 1. The molecule has 1 aliphatic rings. The molecule has 0 radical (unpaired) electrons. The van der Waals surface area contributed by atoms with Gasteiger partial charge in [0.1, 0.15) is 11.8 Å². The van der Waals surface area contributed by atoms with Crippen LogP contribution in [0.2, 0.25) is 0 Å². The van der Waals surface area contributed by atoms with E-state index in [2.05, 4.69) is 5.32 Å². The average Bonchev–Trinajstić information content (AvgIpc) is 2.96. The van der Waals surface area contributed by atoms with Crippen molar-refractivity contribution in [2.45, 2.75) is 18.9 Å². The molecule has 2 rings (SSSR count). The summed E-state index contributed by atoms with van der Waals surface area (Å²) in [5.41, 5.74) is 0.425. The Bertz CT molecular complexity index is 476. The largest absolute Gasteiger partial charge is 0.482 e. The number of hydrogen-bond acceptors (Lipinski definition) is 4. The standard InChI is InChI=1S/C14H16N2O3/c15-8-11-4-1-2-6-13(11)19-10-14(17)16-9-12-5-3-7-18-12/h1-2,4,6,12H,3,5,7,9-10H2,(H,16,17)/t12-/m1/s1.